The molecule has 0 spiro atoms. The quantitative estimate of drug-likeness (QED) is 0.806. The van der Waals surface area contributed by atoms with Crippen LogP contribution in [-0.4, -0.2) is 24.1 Å². The summed E-state index contributed by atoms with van der Waals surface area (Å²) < 4.78 is 19.3. The molecule has 1 saturated carbocycles. The fourth-order valence-corrected chi connectivity index (χ4v) is 2.52. The molecule has 1 aliphatic carbocycles. The SMILES string of the molecule is NC1CCC2OC(c3ccccc3F)=NC2C1. The van der Waals surface area contributed by atoms with Crippen molar-refractivity contribution in [3.05, 3.63) is 35.6 Å². The van der Waals surface area contributed by atoms with Crippen molar-refractivity contribution >= 4 is 5.90 Å². The van der Waals surface area contributed by atoms with Crippen molar-refractivity contribution in [3.8, 4) is 0 Å². The van der Waals surface area contributed by atoms with E-state index < -0.39 is 0 Å². The topological polar surface area (TPSA) is 47.6 Å². The smallest absolute Gasteiger partial charge is 0.219 e. The fraction of sp³-hybridized carbons (Fsp3) is 0.462. The van der Waals surface area contributed by atoms with Gasteiger partial charge in [0.25, 0.3) is 0 Å². The van der Waals surface area contributed by atoms with Gasteiger partial charge in [-0.25, -0.2) is 9.38 Å². The molecule has 3 nitrogen and oxygen atoms in total. The van der Waals surface area contributed by atoms with Gasteiger partial charge in [0.15, 0.2) is 0 Å². The number of hydrogen-bond acceptors (Lipinski definition) is 3. The summed E-state index contributed by atoms with van der Waals surface area (Å²) in [4.78, 5) is 4.47. The van der Waals surface area contributed by atoms with E-state index in [0.29, 0.717) is 11.5 Å². The van der Waals surface area contributed by atoms with E-state index in [1.165, 1.54) is 6.07 Å². The van der Waals surface area contributed by atoms with Crippen LogP contribution in [0.25, 0.3) is 0 Å². The first-order chi connectivity index (χ1) is 8.24. The van der Waals surface area contributed by atoms with Crippen molar-refractivity contribution in [1.82, 2.24) is 0 Å². The van der Waals surface area contributed by atoms with Crippen LogP contribution in [0.5, 0.6) is 0 Å². The first kappa shape index (κ1) is 10.7. The number of hydrogen-bond donors (Lipinski definition) is 1. The molecule has 0 amide bonds. The number of halogens is 1. The number of benzene rings is 1. The molecule has 1 fully saturated rings. The lowest BCUT2D eigenvalue weighted by Crippen LogP contribution is -2.37. The molecule has 2 N–H and O–H groups in total. The van der Waals surface area contributed by atoms with Crippen LogP contribution in [0.3, 0.4) is 0 Å². The lowest BCUT2D eigenvalue weighted by atomic mass is 9.90. The number of nitrogens with zero attached hydrogens (tertiary/aromatic N) is 1. The minimum Gasteiger partial charge on any atom is -0.472 e. The molecule has 90 valence electrons. The zero-order valence-electron chi connectivity index (χ0n) is 9.47. The van der Waals surface area contributed by atoms with E-state index in [0.717, 1.165) is 19.3 Å². The highest BCUT2D eigenvalue weighted by Gasteiger charge is 2.36. The lowest BCUT2D eigenvalue weighted by Gasteiger charge is -2.26. The molecule has 3 rings (SSSR count). The van der Waals surface area contributed by atoms with Gasteiger partial charge in [-0.2, -0.15) is 0 Å². The third-order valence-corrected chi connectivity index (χ3v) is 3.45. The Morgan fingerprint density at radius 3 is 2.94 bits per heavy atom. The third kappa shape index (κ3) is 1.93. The minimum absolute atomic E-state index is 0.0874. The molecule has 17 heavy (non-hydrogen) atoms. The highest BCUT2D eigenvalue weighted by atomic mass is 19.1. The van der Waals surface area contributed by atoms with Crippen LogP contribution in [0.15, 0.2) is 29.3 Å². The second-order valence-electron chi connectivity index (χ2n) is 4.71. The van der Waals surface area contributed by atoms with Gasteiger partial charge in [-0.05, 0) is 31.4 Å². The van der Waals surface area contributed by atoms with E-state index in [1.807, 2.05) is 0 Å². The summed E-state index contributed by atoms with van der Waals surface area (Å²) in [7, 11) is 0. The van der Waals surface area contributed by atoms with Crippen LogP contribution in [-0.2, 0) is 4.74 Å². The van der Waals surface area contributed by atoms with Crippen molar-refractivity contribution in [2.75, 3.05) is 0 Å². The fourth-order valence-electron chi connectivity index (χ4n) is 2.52. The maximum atomic E-state index is 13.6. The van der Waals surface area contributed by atoms with E-state index in [4.69, 9.17) is 10.5 Å². The van der Waals surface area contributed by atoms with Gasteiger partial charge in [-0.15, -0.1) is 0 Å². The van der Waals surface area contributed by atoms with Crippen LogP contribution in [0.2, 0.25) is 0 Å². The molecule has 0 saturated heterocycles. The molecule has 1 aliphatic heterocycles. The minimum atomic E-state index is -0.283. The first-order valence-corrected chi connectivity index (χ1v) is 5.99. The predicted octanol–water partition coefficient (Wildman–Crippen LogP) is 1.85. The van der Waals surface area contributed by atoms with Crippen LogP contribution < -0.4 is 5.73 Å². The van der Waals surface area contributed by atoms with Crippen LogP contribution >= 0.6 is 0 Å². The van der Waals surface area contributed by atoms with Crippen molar-refractivity contribution in [2.45, 2.75) is 37.5 Å². The van der Waals surface area contributed by atoms with E-state index >= 15 is 0 Å². The maximum absolute atomic E-state index is 13.6. The van der Waals surface area contributed by atoms with Gasteiger partial charge in [0.1, 0.15) is 11.9 Å². The second kappa shape index (κ2) is 4.11. The Balaban J connectivity index is 1.87. The molecule has 3 atom stereocenters. The molecule has 3 unspecified atom stereocenters. The Hall–Kier alpha value is -1.42. The average molecular weight is 234 g/mol. The molecule has 4 heteroatoms. The van der Waals surface area contributed by atoms with Crippen molar-refractivity contribution in [2.24, 2.45) is 10.7 Å². The summed E-state index contributed by atoms with van der Waals surface area (Å²) in [6.07, 6.45) is 2.79. The number of rotatable bonds is 1. The van der Waals surface area contributed by atoms with Gasteiger partial charge in [0, 0.05) is 6.04 Å². The van der Waals surface area contributed by atoms with Crippen molar-refractivity contribution < 1.29 is 9.13 Å². The van der Waals surface area contributed by atoms with Crippen LogP contribution in [0.1, 0.15) is 24.8 Å². The van der Waals surface area contributed by atoms with Crippen LogP contribution in [0, 0.1) is 5.82 Å². The maximum Gasteiger partial charge on any atom is 0.219 e. The Bertz CT molecular complexity index is 460. The lowest BCUT2D eigenvalue weighted by molar-refractivity contribution is 0.144. The summed E-state index contributed by atoms with van der Waals surface area (Å²) in [6, 6.07) is 6.88. The first-order valence-electron chi connectivity index (χ1n) is 5.99. The normalized spacial score (nSPS) is 31.6. The number of nitrogens with two attached hydrogens (primary N) is 1. The summed E-state index contributed by atoms with van der Waals surface area (Å²) in [5.41, 5.74) is 6.36. The summed E-state index contributed by atoms with van der Waals surface area (Å²) in [5, 5.41) is 0. The highest BCUT2D eigenvalue weighted by molar-refractivity contribution is 5.95. The van der Waals surface area contributed by atoms with Crippen molar-refractivity contribution in [1.29, 1.82) is 0 Å². The van der Waals surface area contributed by atoms with Gasteiger partial charge in [-0.1, -0.05) is 12.1 Å². The van der Waals surface area contributed by atoms with E-state index in [1.54, 1.807) is 18.2 Å². The molecule has 1 aromatic rings. The van der Waals surface area contributed by atoms with E-state index in [2.05, 4.69) is 4.99 Å². The molecular weight excluding hydrogens is 219 g/mol. The van der Waals surface area contributed by atoms with Crippen molar-refractivity contribution in [3.63, 3.8) is 0 Å². The Morgan fingerprint density at radius 1 is 1.29 bits per heavy atom. The predicted molar refractivity (Wildman–Crippen MR) is 63.4 cm³/mol. The highest BCUT2D eigenvalue weighted by Crippen LogP contribution is 2.30. The number of fused-ring (bicyclic) bond motifs is 1. The van der Waals surface area contributed by atoms with Gasteiger partial charge >= 0.3 is 0 Å². The zero-order chi connectivity index (χ0) is 11.8. The molecule has 0 aromatic heterocycles. The van der Waals surface area contributed by atoms with Gasteiger partial charge < -0.3 is 10.5 Å². The largest absolute Gasteiger partial charge is 0.472 e. The monoisotopic (exact) mass is 234 g/mol. The molecule has 1 heterocycles. The summed E-state index contributed by atoms with van der Waals surface area (Å²) in [5.74, 6) is 0.154. The molecule has 1 aromatic carbocycles. The van der Waals surface area contributed by atoms with Gasteiger partial charge in [-0.3, -0.25) is 0 Å². The Morgan fingerprint density at radius 2 is 2.12 bits per heavy atom. The Labute approximate surface area is 99.5 Å². The van der Waals surface area contributed by atoms with Gasteiger partial charge in [0.2, 0.25) is 5.90 Å². The average Bonchev–Trinajstić information content (AvgIpc) is 2.72. The summed E-state index contributed by atoms with van der Waals surface area (Å²) >= 11 is 0. The second-order valence-corrected chi connectivity index (χ2v) is 4.71. The molecule has 2 aliphatic rings. The third-order valence-electron chi connectivity index (χ3n) is 3.45. The van der Waals surface area contributed by atoms with E-state index in [-0.39, 0.29) is 24.0 Å². The van der Waals surface area contributed by atoms with E-state index in [9.17, 15) is 4.39 Å². The summed E-state index contributed by atoms with van der Waals surface area (Å²) in [6.45, 7) is 0. The molecular formula is C13H15FN2O. The number of aliphatic imine (C=N–C) groups is 1. The van der Waals surface area contributed by atoms with Gasteiger partial charge in [0.05, 0.1) is 11.6 Å². The zero-order valence-corrected chi connectivity index (χ0v) is 9.47. The number of ether oxygens (including phenoxy) is 1. The Kier molecular flexibility index (Phi) is 2.59. The standard InChI is InChI=1S/C13H15FN2O/c14-10-4-2-1-3-9(10)13-16-11-7-8(15)5-6-12(11)17-13/h1-4,8,11-12H,5-7,15H2. The molecule has 0 bridgehead atoms. The van der Waals surface area contributed by atoms with Crippen LogP contribution in [0.4, 0.5) is 4.39 Å². The molecule has 0 radical (unpaired) electrons.